The molecule has 3 rings (SSSR count). The monoisotopic (exact) mass is 354 g/mol. The molecular formula is C20H24N3O3+. The fourth-order valence-corrected chi connectivity index (χ4v) is 3.26. The third kappa shape index (κ3) is 4.47. The zero-order valence-electron chi connectivity index (χ0n) is 14.8. The van der Waals surface area contributed by atoms with Gasteiger partial charge in [0, 0.05) is 11.1 Å². The van der Waals surface area contributed by atoms with Crippen molar-refractivity contribution < 1.29 is 19.5 Å². The van der Waals surface area contributed by atoms with E-state index in [1.54, 1.807) is 12.1 Å². The molecule has 0 unspecified atom stereocenters. The molecule has 136 valence electrons. The lowest BCUT2D eigenvalue weighted by atomic mass is 10.0. The van der Waals surface area contributed by atoms with E-state index in [-0.39, 0.29) is 17.7 Å². The molecule has 2 aromatic rings. The zero-order valence-corrected chi connectivity index (χ0v) is 14.8. The zero-order chi connectivity index (χ0) is 18.4. The first-order valence-electron chi connectivity index (χ1n) is 8.76. The molecule has 1 fully saturated rings. The van der Waals surface area contributed by atoms with E-state index in [0.717, 1.165) is 37.6 Å². The van der Waals surface area contributed by atoms with E-state index >= 15 is 0 Å². The van der Waals surface area contributed by atoms with Gasteiger partial charge in [-0.2, -0.15) is 5.10 Å². The van der Waals surface area contributed by atoms with Crippen molar-refractivity contribution in [3.63, 3.8) is 0 Å². The SMILES string of the molecule is C/C(=N/NC(=O)c1cccc(O)c1)[C@@H](c1ccccc1)[NH+]1CCOCC1. The summed E-state index contributed by atoms with van der Waals surface area (Å²) in [5, 5.41) is 13.9. The molecule has 0 bridgehead atoms. The van der Waals surface area contributed by atoms with Gasteiger partial charge < -0.3 is 14.7 Å². The van der Waals surface area contributed by atoms with Crippen LogP contribution < -0.4 is 10.3 Å². The molecule has 1 aliphatic heterocycles. The van der Waals surface area contributed by atoms with Crippen LogP contribution in [-0.4, -0.2) is 43.0 Å². The predicted octanol–water partition coefficient (Wildman–Crippen LogP) is 1.15. The summed E-state index contributed by atoms with van der Waals surface area (Å²) < 4.78 is 5.48. The van der Waals surface area contributed by atoms with Gasteiger partial charge in [-0.3, -0.25) is 4.79 Å². The summed E-state index contributed by atoms with van der Waals surface area (Å²) in [5.41, 5.74) is 4.98. The number of benzene rings is 2. The van der Waals surface area contributed by atoms with Crippen molar-refractivity contribution in [3.05, 3.63) is 65.7 Å². The Balaban J connectivity index is 1.79. The van der Waals surface area contributed by atoms with Crippen molar-refractivity contribution in [1.82, 2.24) is 5.43 Å². The van der Waals surface area contributed by atoms with Gasteiger partial charge in [0.05, 0.1) is 18.9 Å². The van der Waals surface area contributed by atoms with E-state index in [2.05, 4.69) is 22.7 Å². The molecule has 0 aliphatic carbocycles. The first-order valence-corrected chi connectivity index (χ1v) is 8.76. The fourth-order valence-electron chi connectivity index (χ4n) is 3.26. The summed E-state index contributed by atoms with van der Waals surface area (Å²) in [4.78, 5) is 13.7. The molecule has 0 spiro atoms. The van der Waals surface area contributed by atoms with Crippen LogP contribution in [0.4, 0.5) is 0 Å². The minimum atomic E-state index is -0.343. The van der Waals surface area contributed by atoms with Crippen molar-refractivity contribution in [1.29, 1.82) is 0 Å². The minimum Gasteiger partial charge on any atom is -0.508 e. The number of quaternary nitrogens is 1. The summed E-state index contributed by atoms with van der Waals surface area (Å²) in [7, 11) is 0. The van der Waals surface area contributed by atoms with E-state index in [9.17, 15) is 9.90 Å². The van der Waals surface area contributed by atoms with Crippen molar-refractivity contribution in [3.8, 4) is 5.75 Å². The molecule has 0 saturated carbocycles. The minimum absolute atomic E-state index is 0.0540. The Bertz CT molecular complexity index is 771. The number of hydrazone groups is 1. The van der Waals surface area contributed by atoms with Crippen LogP contribution in [0.2, 0.25) is 0 Å². The number of carbonyl (C=O) groups excluding carboxylic acids is 1. The van der Waals surface area contributed by atoms with Gasteiger partial charge in [-0.15, -0.1) is 0 Å². The number of nitrogens with one attached hydrogen (secondary N) is 2. The lowest BCUT2D eigenvalue weighted by molar-refractivity contribution is -0.928. The maximum absolute atomic E-state index is 12.3. The molecule has 3 N–H and O–H groups in total. The van der Waals surface area contributed by atoms with Crippen LogP contribution in [0.3, 0.4) is 0 Å². The van der Waals surface area contributed by atoms with E-state index in [1.165, 1.54) is 17.0 Å². The second-order valence-corrected chi connectivity index (χ2v) is 6.36. The molecule has 0 aromatic heterocycles. The Morgan fingerprint density at radius 3 is 2.58 bits per heavy atom. The van der Waals surface area contributed by atoms with Crippen LogP contribution in [0.25, 0.3) is 0 Å². The van der Waals surface area contributed by atoms with Crippen LogP contribution in [0.1, 0.15) is 28.9 Å². The number of carbonyl (C=O) groups is 1. The molecule has 1 aliphatic rings. The van der Waals surface area contributed by atoms with E-state index in [4.69, 9.17) is 4.74 Å². The van der Waals surface area contributed by atoms with E-state index < -0.39 is 0 Å². The van der Waals surface area contributed by atoms with Gasteiger partial charge in [0.15, 0.2) is 6.04 Å². The van der Waals surface area contributed by atoms with Gasteiger partial charge in [0.25, 0.3) is 5.91 Å². The largest absolute Gasteiger partial charge is 0.508 e. The molecule has 0 radical (unpaired) electrons. The van der Waals surface area contributed by atoms with Crippen molar-refractivity contribution in [2.75, 3.05) is 26.3 Å². The number of nitrogens with zero attached hydrogens (tertiary/aromatic N) is 1. The Kier molecular flexibility index (Phi) is 5.99. The number of phenolic OH excluding ortho intramolecular Hbond substituents is 1. The highest BCUT2D eigenvalue weighted by atomic mass is 16.5. The lowest BCUT2D eigenvalue weighted by Gasteiger charge is -2.31. The molecule has 26 heavy (non-hydrogen) atoms. The van der Waals surface area contributed by atoms with Crippen molar-refractivity contribution in [2.45, 2.75) is 13.0 Å². The molecule has 1 atom stereocenters. The summed E-state index contributed by atoms with van der Waals surface area (Å²) in [6.07, 6.45) is 0. The summed E-state index contributed by atoms with van der Waals surface area (Å²) in [5.74, 6) is -0.290. The Morgan fingerprint density at radius 1 is 1.15 bits per heavy atom. The Hall–Kier alpha value is -2.70. The van der Waals surface area contributed by atoms with E-state index in [0.29, 0.717) is 5.56 Å². The topological polar surface area (TPSA) is 75.4 Å². The first-order chi connectivity index (χ1) is 12.6. The fraction of sp³-hybridized carbons (Fsp3) is 0.300. The second-order valence-electron chi connectivity index (χ2n) is 6.36. The smallest absolute Gasteiger partial charge is 0.271 e. The average molecular weight is 354 g/mol. The van der Waals surface area contributed by atoms with Gasteiger partial charge in [-0.25, -0.2) is 5.43 Å². The molecule has 1 heterocycles. The average Bonchev–Trinajstić information content (AvgIpc) is 2.68. The van der Waals surface area contributed by atoms with Crippen LogP contribution in [0.5, 0.6) is 5.75 Å². The number of ether oxygens (including phenoxy) is 1. The maximum Gasteiger partial charge on any atom is 0.271 e. The third-order valence-electron chi connectivity index (χ3n) is 4.54. The number of aromatic hydroxyl groups is 1. The number of amides is 1. The highest BCUT2D eigenvalue weighted by Crippen LogP contribution is 2.13. The second kappa shape index (κ2) is 8.60. The van der Waals surface area contributed by atoms with Gasteiger partial charge in [-0.1, -0.05) is 36.4 Å². The summed E-state index contributed by atoms with van der Waals surface area (Å²) in [6.45, 7) is 5.17. The van der Waals surface area contributed by atoms with Gasteiger partial charge in [0.1, 0.15) is 18.8 Å². The molecule has 6 heteroatoms. The first kappa shape index (κ1) is 18.1. The quantitative estimate of drug-likeness (QED) is 0.557. The third-order valence-corrected chi connectivity index (χ3v) is 4.54. The number of phenols is 1. The maximum atomic E-state index is 12.3. The predicted molar refractivity (Wildman–Crippen MR) is 99.4 cm³/mol. The van der Waals surface area contributed by atoms with Crippen LogP contribution >= 0.6 is 0 Å². The van der Waals surface area contributed by atoms with Gasteiger partial charge in [-0.05, 0) is 25.1 Å². The molecular weight excluding hydrogens is 330 g/mol. The molecule has 1 amide bonds. The van der Waals surface area contributed by atoms with Crippen LogP contribution in [0.15, 0.2) is 59.7 Å². The number of hydrogen-bond acceptors (Lipinski definition) is 4. The standard InChI is InChI=1S/C20H23N3O3/c1-15(21-22-20(25)17-8-5-9-18(24)14-17)19(16-6-3-2-4-7-16)23-10-12-26-13-11-23/h2-9,14,19,24H,10-13H2,1H3,(H,22,25)/p+1/b21-15-/t19-/m0/s1. The Labute approximate surface area is 153 Å². The van der Waals surface area contributed by atoms with Crippen LogP contribution in [-0.2, 0) is 4.74 Å². The van der Waals surface area contributed by atoms with Crippen LogP contribution in [0, 0.1) is 0 Å². The van der Waals surface area contributed by atoms with E-state index in [1.807, 2.05) is 25.1 Å². The number of hydrogen-bond donors (Lipinski definition) is 3. The summed E-state index contributed by atoms with van der Waals surface area (Å²) in [6, 6.07) is 16.5. The lowest BCUT2D eigenvalue weighted by Crippen LogP contribution is -3.15. The molecule has 2 aromatic carbocycles. The number of rotatable bonds is 5. The van der Waals surface area contributed by atoms with Crippen molar-refractivity contribution in [2.24, 2.45) is 5.10 Å². The van der Waals surface area contributed by atoms with Gasteiger partial charge >= 0.3 is 0 Å². The highest BCUT2D eigenvalue weighted by molar-refractivity contribution is 5.96. The molecule has 1 saturated heterocycles. The highest BCUT2D eigenvalue weighted by Gasteiger charge is 2.29. The van der Waals surface area contributed by atoms with Gasteiger partial charge in [0.2, 0.25) is 0 Å². The number of morpholine rings is 1. The molecule has 6 nitrogen and oxygen atoms in total. The Morgan fingerprint density at radius 2 is 1.88 bits per heavy atom. The summed E-state index contributed by atoms with van der Waals surface area (Å²) >= 11 is 0. The van der Waals surface area contributed by atoms with Crippen molar-refractivity contribution >= 4 is 11.6 Å². The normalized spacial score (nSPS) is 16.9.